The summed E-state index contributed by atoms with van der Waals surface area (Å²) in [5.41, 5.74) is 1.87. The van der Waals surface area contributed by atoms with Gasteiger partial charge >= 0.3 is 0 Å². The van der Waals surface area contributed by atoms with E-state index in [0.717, 1.165) is 0 Å². The van der Waals surface area contributed by atoms with Crippen LogP contribution in [-0.2, 0) is 6.61 Å². The summed E-state index contributed by atoms with van der Waals surface area (Å²) in [5, 5.41) is 12.0. The third-order valence-corrected chi connectivity index (χ3v) is 4.80. The fourth-order valence-electron chi connectivity index (χ4n) is 2.45. The molecule has 4 nitrogen and oxygen atoms in total. The van der Waals surface area contributed by atoms with Gasteiger partial charge in [-0.05, 0) is 70.0 Å². The summed E-state index contributed by atoms with van der Waals surface area (Å²) < 4.78 is 19.4. The van der Waals surface area contributed by atoms with E-state index < -0.39 is 0 Å². The van der Waals surface area contributed by atoms with E-state index in [9.17, 15) is 9.18 Å². The normalized spacial score (nSPS) is 10.2. The minimum absolute atomic E-state index is 0.164. The lowest BCUT2D eigenvalue weighted by molar-refractivity contribution is 0.102. The second-order valence-electron chi connectivity index (χ2n) is 5.82. The average molecular weight is 460 g/mol. The zero-order valence-corrected chi connectivity index (χ0v) is 16.7. The largest absolute Gasteiger partial charge is 0.487 e. The second-order valence-corrected chi connectivity index (χ2v) is 7.09. The van der Waals surface area contributed by atoms with Crippen molar-refractivity contribution in [3.63, 3.8) is 0 Å². The van der Waals surface area contributed by atoms with Crippen molar-refractivity contribution in [2.45, 2.75) is 6.61 Å². The predicted molar refractivity (Wildman–Crippen MR) is 109 cm³/mol. The highest BCUT2D eigenvalue weighted by molar-refractivity contribution is 9.10. The zero-order valence-electron chi connectivity index (χ0n) is 14.4. The molecule has 0 aliphatic rings. The molecular formula is C21H13BrClFN2O2. The Bertz CT molecular complexity index is 1080. The average Bonchev–Trinajstić information content (AvgIpc) is 2.67. The van der Waals surface area contributed by atoms with E-state index in [0.29, 0.717) is 37.6 Å². The molecule has 0 aliphatic heterocycles. The van der Waals surface area contributed by atoms with Crippen LogP contribution >= 0.6 is 27.5 Å². The Kier molecular flexibility index (Phi) is 6.30. The van der Waals surface area contributed by atoms with Gasteiger partial charge in [-0.25, -0.2) is 4.39 Å². The summed E-state index contributed by atoms with van der Waals surface area (Å²) in [6.45, 7) is 0.164. The van der Waals surface area contributed by atoms with E-state index >= 15 is 0 Å². The van der Waals surface area contributed by atoms with Gasteiger partial charge in [-0.3, -0.25) is 4.79 Å². The van der Waals surface area contributed by atoms with E-state index in [1.807, 2.05) is 6.07 Å². The van der Waals surface area contributed by atoms with E-state index in [1.165, 1.54) is 18.2 Å². The molecule has 140 valence electrons. The molecule has 0 saturated carbocycles. The van der Waals surface area contributed by atoms with E-state index in [2.05, 4.69) is 21.2 Å². The summed E-state index contributed by atoms with van der Waals surface area (Å²) in [4.78, 5) is 12.5. The number of amides is 1. The van der Waals surface area contributed by atoms with Crippen molar-refractivity contribution >= 4 is 39.1 Å². The fourth-order valence-corrected chi connectivity index (χ4v) is 3.11. The summed E-state index contributed by atoms with van der Waals surface area (Å²) in [5.74, 6) is -0.304. The van der Waals surface area contributed by atoms with Crippen LogP contribution in [0, 0.1) is 17.1 Å². The van der Waals surface area contributed by atoms with Crippen molar-refractivity contribution in [2.75, 3.05) is 5.32 Å². The minimum Gasteiger partial charge on any atom is -0.487 e. The van der Waals surface area contributed by atoms with Crippen LogP contribution < -0.4 is 10.1 Å². The maximum atomic E-state index is 13.2. The van der Waals surface area contributed by atoms with Crippen molar-refractivity contribution in [1.82, 2.24) is 0 Å². The van der Waals surface area contributed by atoms with Crippen molar-refractivity contribution in [1.29, 1.82) is 5.26 Å². The summed E-state index contributed by atoms with van der Waals surface area (Å²) in [7, 11) is 0. The van der Waals surface area contributed by atoms with Gasteiger partial charge in [0, 0.05) is 10.2 Å². The first kappa shape index (κ1) is 19.9. The molecule has 0 bridgehead atoms. The van der Waals surface area contributed by atoms with E-state index in [-0.39, 0.29) is 18.3 Å². The Morgan fingerprint density at radius 2 is 2.00 bits per heavy atom. The van der Waals surface area contributed by atoms with Crippen molar-refractivity contribution in [3.8, 4) is 11.8 Å². The van der Waals surface area contributed by atoms with Gasteiger partial charge in [0.2, 0.25) is 0 Å². The first-order chi connectivity index (χ1) is 13.5. The number of carbonyl (C=O) groups is 1. The molecule has 7 heteroatoms. The molecule has 0 saturated heterocycles. The number of nitrogens with one attached hydrogen (secondary N) is 1. The number of hydrogen-bond donors (Lipinski definition) is 1. The van der Waals surface area contributed by atoms with Gasteiger partial charge in [-0.1, -0.05) is 23.7 Å². The number of rotatable bonds is 5. The molecule has 0 unspecified atom stereocenters. The Labute approximate surface area is 174 Å². The molecule has 3 aromatic carbocycles. The lowest BCUT2D eigenvalue weighted by atomic mass is 10.1. The maximum absolute atomic E-state index is 13.2. The molecule has 0 atom stereocenters. The zero-order chi connectivity index (χ0) is 20.1. The van der Waals surface area contributed by atoms with E-state index in [1.54, 1.807) is 42.5 Å². The highest BCUT2D eigenvalue weighted by Gasteiger charge is 2.13. The maximum Gasteiger partial charge on any atom is 0.256 e. The highest BCUT2D eigenvalue weighted by atomic mass is 79.9. The van der Waals surface area contributed by atoms with Crippen LogP contribution in [0.5, 0.6) is 5.75 Å². The first-order valence-corrected chi connectivity index (χ1v) is 9.31. The Hall–Kier alpha value is -2.88. The van der Waals surface area contributed by atoms with Gasteiger partial charge in [0.25, 0.3) is 5.91 Å². The first-order valence-electron chi connectivity index (χ1n) is 8.14. The van der Waals surface area contributed by atoms with Gasteiger partial charge in [0.1, 0.15) is 18.2 Å². The molecule has 0 aliphatic carbocycles. The quantitative estimate of drug-likeness (QED) is 0.513. The molecule has 0 radical (unpaired) electrons. The topological polar surface area (TPSA) is 62.1 Å². The Morgan fingerprint density at radius 1 is 1.18 bits per heavy atom. The highest BCUT2D eigenvalue weighted by Crippen LogP contribution is 2.29. The van der Waals surface area contributed by atoms with Crippen molar-refractivity contribution in [2.24, 2.45) is 0 Å². The third kappa shape index (κ3) is 4.89. The lowest BCUT2D eigenvalue weighted by Gasteiger charge is -2.11. The number of halogens is 3. The van der Waals surface area contributed by atoms with Crippen LogP contribution in [0.1, 0.15) is 21.5 Å². The number of nitrogens with zero attached hydrogens (tertiary/aromatic N) is 1. The number of anilines is 1. The summed E-state index contributed by atoms with van der Waals surface area (Å²) in [6.07, 6.45) is 0. The summed E-state index contributed by atoms with van der Waals surface area (Å²) in [6, 6.07) is 17.7. The van der Waals surface area contributed by atoms with Crippen molar-refractivity contribution in [3.05, 3.63) is 92.7 Å². The number of nitriles is 1. The minimum atomic E-state index is -0.381. The van der Waals surface area contributed by atoms with Crippen LogP contribution in [0.25, 0.3) is 0 Å². The number of carbonyl (C=O) groups excluding carboxylic acids is 1. The molecule has 1 N–H and O–H groups in total. The van der Waals surface area contributed by atoms with Crippen LogP contribution in [0.2, 0.25) is 5.02 Å². The van der Waals surface area contributed by atoms with Crippen LogP contribution in [0.3, 0.4) is 0 Å². The Morgan fingerprint density at radius 3 is 2.71 bits per heavy atom. The van der Waals surface area contributed by atoms with E-state index in [4.69, 9.17) is 21.6 Å². The SMILES string of the molecule is N#Cc1ccc(Br)c(C(=O)Nc2ccc(OCc3cccc(F)c3)c(Cl)c2)c1. The predicted octanol–water partition coefficient (Wildman–Crippen LogP) is 5.94. The molecule has 0 spiro atoms. The fraction of sp³-hybridized carbons (Fsp3) is 0.0476. The smallest absolute Gasteiger partial charge is 0.256 e. The van der Waals surface area contributed by atoms with Crippen LogP contribution in [0.15, 0.2) is 65.1 Å². The molecule has 3 aromatic rings. The van der Waals surface area contributed by atoms with Gasteiger partial charge in [0.05, 0.1) is 22.2 Å². The van der Waals surface area contributed by atoms with Crippen LogP contribution in [0.4, 0.5) is 10.1 Å². The molecular weight excluding hydrogens is 447 g/mol. The van der Waals surface area contributed by atoms with Gasteiger partial charge < -0.3 is 10.1 Å². The number of hydrogen-bond acceptors (Lipinski definition) is 3. The van der Waals surface area contributed by atoms with Gasteiger partial charge in [-0.15, -0.1) is 0 Å². The third-order valence-electron chi connectivity index (χ3n) is 3.81. The second kappa shape index (κ2) is 8.87. The molecule has 1 amide bonds. The number of ether oxygens (including phenoxy) is 1. The molecule has 0 aromatic heterocycles. The lowest BCUT2D eigenvalue weighted by Crippen LogP contribution is -2.13. The van der Waals surface area contributed by atoms with Crippen LogP contribution in [-0.4, -0.2) is 5.91 Å². The Balaban J connectivity index is 1.70. The summed E-state index contributed by atoms with van der Waals surface area (Å²) >= 11 is 9.54. The van der Waals surface area contributed by atoms with Crippen molar-refractivity contribution < 1.29 is 13.9 Å². The molecule has 3 rings (SSSR count). The van der Waals surface area contributed by atoms with Gasteiger partial charge in [-0.2, -0.15) is 5.26 Å². The molecule has 0 fully saturated rings. The molecule has 0 heterocycles. The molecule has 28 heavy (non-hydrogen) atoms. The number of benzene rings is 3. The monoisotopic (exact) mass is 458 g/mol. The van der Waals surface area contributed by atoms with Gasteiger partial charge in [0.15, 0.2) is 0 Å². The standard InChI is InChI=1S/C21H13BrClFN2O2/c22-18-6-4-13(11-25)9-17(18)21(27)26-16-5-7-20(19(23)10-16)28-12-14-2-1-3-15(24)8-14/h1-10H,12H2,(H,26,27).